The first kappa shape index (κ1) is 15.7. The molecule has 3 aliphatic rings. The van der Waals surface area contributed by atoms with Crippen LogP contribution in [0.5, 0.6) is 11.5 Å². The summed E-state index contributed by atoms with van der Waals surface area (Å²) in [4.78, 5) is 16.7. The van der Waals surface area contributed by atoms with Crippen molar-refractivity contribution < 1.29 is 19.0 Å². The van der Waals surface area contributed by atoms with Crippen LogP contribution in [0.4, 0.5) is 0 Å². The molecule has 3 heterocycles. The highest BCUT2D eigenvalue weighted by Gasteiger charge is 2.27. The molecule has 0 aromatic heterocycles. The summed E-state index contributed by atoms with van der Waals surface area (Å²) in [6.45, 7) is 5.85. The SMILES string of the molecule is O=C1CN(CC2CCCOC2)CCN1Cc1ccc2c(c1)OCO2. The molecule has 0 bridgehead atoms. The largest absolute Gasteiger partial charge is 0.454 e. The number of amides is 1. The summed E-state index contributed by atoms with van der Waals surface area (Å²) in [6, 6.07) is 5.90. The van der Waals surface area contributed by atoms with E-state index in [4.69, 9.17) is 14.2 Å². The minimum Gasteiger partial charge on any atom is -0.454 e. The predicted molar refractivity (Wildman–Crippen MR) is 88.0 cm³/mol. The molecule has 4 rings (SSSR count). The number of ether oxygens (including phenoxy) is 3. The van der Waals surface area contributed by atoms with Gasteiger partial charge in [0.25, 0.3) is 0 Å². The zero-order valence-corrected chi connectivity index (χ0v) is 13.9. The first-order chi connectivity index (χ1) is 11.8. The lowest BCUT2D eigenvalue weighted by Gasteiger charge is -2.36. The molecule has 130 valence electrons. The van der Waals surface area contributed by atoms with Crippen LogP contribution in [0.2, 0.25) is 0 Å². The fraction of sp³-hybridized carbons (Fsp3) is 0.611. The van der Waals surface area contributed by atoms with Gasteiger partial charge < -0.3 is 19.1 Å². The van der Waals surface area contributed by atoms with Gasteiger partial charge in [-0.15, -0.1) is 0 Å². The normalized spacial score (nSPS) is 24.4. The third kappa shape index (κ3) is 3.49. The third-order valence-electron chi connectivity index (χ3n) is 4.98. The lowest BCUT2D eigenvalue weighted by molar-refractivity contribution is -0.137. The van der Waals surface area contributed by atoms with Crippen LogP contribution in [0.15, 0.2) is 18.2 Å². The van der Waals surface area contributed by atoms with Gasteiger partial charge in [-0.3, -0.25) is 9.69 Å². The van der Waals surface area contributed by atoms with Crippen LogP contribution >= 0.6 is 0 Å². The Balaban J connectivity index is 1.31. The van der Waals surface area contributed by atoms with E-state index in [-0.39, 0.29) is 12.7 Å². The number of carbonyl (C=O) groups is 1. The van der Waals surface area contributed by atoms with Crippen molar-refractivity contribution in [2.45, 2.75) is 19.4 Å². The van der Waals surface area contributed by atoms with Crippen LogP contribution in [0.25, 0.3) is 0 Å². The van der Waals surface area contributed by atoms with Crippen molar-refractivity contribution in [1.29, 1.82) is 0 Å². The second-order valence-electron chi connectivity index (χ2n) is 6.82. The van der Waals surface area contributed by atoms with Gasteiger partial charge in [-0.2, -0.15) is 0 Å². The molecule has 1 amide bonds. The first-order valence-corrected chi connectivity index (χ1v) is 8.74. The Morgan fingerprint density at radius 3 is 2.92 bits per heavy atom. The van der Waals surface area contributed by atoms with Crippen LogP contribution in [0.1, 0.15) is 18.4 Å². The third-order valence-corrected chi connectivity index (χ3v) is 4.98. The standard InChI is InChI=1S/C18H24N2O4/c21-18-11-19(9-15-2-1-7-22-12-15)5-6-20(18)10-14-3-4-16-17(8-14)24-13-23-16/h3-4,8,15H,1-2,5-7,9-13H2. The van der Waals surface area contributed by atoms with Crippen molar-refractivity contribution in [3.63, 3.8) is 0 Å². The van der Waals surface area contributed by atoms with Gasteiger partial charge in [0.1, 0.15) is 0 Å². The van der Waals surface area contributed by atoms with Crippen LogP contribution < -0.4 is 9.47 Å². The number of hydrogen-bond acceptors (Lipinski definition) is 5. The van der Waals surface area contributed by atoms with Gasteiger partial charge in [0.05, 0.1) is 13.2 Å². The Kier molecular flexibility index (Phi) is 4.58. The number of rotatable bonds is 4. The van der Waals surface area contributed by atoms with Gasteiger partial charge >= 0.3 is 0 Å². The lowest BCUT2D eigenvalue weighted by Crippen LogP contribution is -2.51. The molecule has 6 heteroatoms. The quantitative estimate of drug-likeness (QED) is 0.836. The number of benzene rings is 1. The molecule has 0 spiro atoms. The molecule has 1 atom stereocenters. The van der Waals surface area contributed by atoms with Crippen molar-refractivity contribution in [2.75, 3.05) is 46.2 Å². The van der Waals surface area contributed by atoms with Crippen LogP contribution in [-0.2, 0) is 16.1 Å². The smallest absolute Gasteiger partial charge is 0.237 e. The van der Waals surface area contributed by atoms with Crippen molar-refractivity contribution >= 4 is 5.91 Å². The molecule has 0 saturated carbocycles. The monoisotopic (exact) mass is 332 g/mol. The zero-order valence-electron chi connectivity index (χ0n) is 13.9. The Morgan fingerprint density at radius 1 is 1.17 bits per heavy atom. The summed E-state index contributed by atoms with van der Waals surface area (Å²) < 4.78 is 16.3. The fourth-order valence-corrected chi connectivity index (χ4v) is 3.66. The van der Waals surface area contributed by atoms with E-state index in [9.17, 15) is 4.79 Å². The highest BCUT2D eigenvalue weighted by Crippen LogP contribution is 2.32. The molecule has 1 unspecified atom stereocenters. The Bertz CT molecular complexity index is 601. The maximum atomic E-state index is 12.5. The van der Waals surface area contributed by atoms with E-state index >= 15 is 0 Å². The molecule has 1 aromatic carbocycles. The molecule has 3 aliphatic heterocycles. The summed E-state index contributed by atoms with van der Waals surface area (Å²) in [5.41, 5.74) is 1.08. The van der Waals surface area contributed by atoms with Gasteiger partial charge in [0.2, 0.25) is 12.7 Å². The summed E-state index contributed by atoms with van der Waals surface area (Å²) in [5, 5.41) is 0. The number of carbonyl (C=O) groups excluding carboxylic acids is 1. The second-order valence-corrected chi connectivity index (χ2v) is 6.82. The van der Waals surface area contributed by atoms with Crippen molar-refractivity contribution in [1.82, 2.24) is 9.80 Å². The van der Waals surface area contributed by atoms with Crippen LogP contribution in [0, 0.1) is 5.92 Å². The predicted octanol–water partition coefficient (Wildman–Crippen LogP) is 1.49. The highest BCUT2D eigenvalue weighted by molar-refractivity contribution is 5.79. The van der Waals surface area contributed by atoms with E-state index in [1.165, 1.54) is 6.42 Å². The lowest BCUT2D eigenvalue weighted by atomic mass is 10.0. The molecule has 2 fully saturated rings. The van der Waals surface area contributed by atoms with E-state index in [1.54, 1.807) is 0 Å². The Hall–Kier alpha value is -1.79. The minimum absolute atomic E-state index is 0.204. The summed E-state index contributed by atoms with van der Waals surface area (Å²) >= 11 is 0. The number of hydrogen-bond donors (Lipinski definition) is 0. The maximum absolute atomic E-state index is 12.5. The average Bonchev–Trinajstić information content (AvgIpc) is 3.06. The molecule has 0 N–H and O–H groups in total. The number of fused-ring (bicyclic) bond motifs is 1. The van der Waals surface area contributed by atoms with E-state index in [0.717, 1.165) is 56.3 Å². The summed E-state index contributed by atoms with van der Waals surface area (Å²) in [6.07, 6.45) is 2.36. The van der Waals surface area contributed by atoms with Crippen molar-refractivity contribution in [3.8, 4) is 11.5 Å². The molecule has 2 saturated heterocycles. The van der Waals surface area contributed by atoms with Crippen LogP contribution in [0.3, 0.4) is 0 Å². The molecule has 1 aromatic rings. The average molecular weight is 332 g/mol. The summed E-state index contributed by atoms with van der Waals surface area (Å²) in [7, 11) is 0. The summed E-state index contributed by atoms with van der Waals surface area (Å²) in [5.74, 6) is 2.34. The topological polar surface area (TPSA) is 51.2 Å². The fourth-order valence-electron chi connectivity index (χ4n) is 3.66. The molecular formula is C18H24N2O4. The Morgan fingerprint density at radius 2 is 2.08 bits per heavy atom. The number of nitrogens with zero attached hydrogens (tertiary/aromatic N) is 2. The molecule has 6 nitrogen and oxygen atoms in total. The molecular weight excluding hydrogens is 308 g/mol. The van der Waals surface area contributed by atoms with Crippen molar-refractivity contribution in [3.05, 3.63) is 23.8 Å². The van der Waals surface area contributed by atoms with Gasteiger partial charge in [-0.1, -0.05) is 6.07 Å². The van der Waals surface area contributed by atoms with Crippen molar-refractivity contribution in [2.24, 2.45) is 5.92 Å². The number of piperazine rings is 1. The molecule has 24 heavy (non-hydrogen) atoms. The Labute approximate surface area is 142 Å². The second kappa shape index (κ2) is 6.99. The van der Waals surface area contributed by atoms with Gasteiger partial charge in [0.15, 0.2) is 11.5 Å². The molecule has 0 aliphatic carbocycles. The van der Waals surface area contributed by atoms with Gasteiger partial charge in [-0.25, -0.2) is 0 Å². The van der Waals surface area contributed by atoms with Gasteiger partial charge in [0, 0.05) is 32.8 Å². The van der Waals surface area contributed by atoms with E-state index < -0.39 is 0 Å². The van der Waals surface area contributed by atoms with Gasteiger partial charge in [-0.05, 0) is 36.5 Å². The highest BCUT2D eigenvalue weighted by atomic mass is 16.7. The minimum atomic E-state index is 0.204. The van der Waals surface area contributed by atoms with E-state index in [2.05, 4.69) is 4.90 Å². The first-order valence-electron chi connectivity index (χ1n) is 8.74. The van der Waals surface area contributed by atoms with E-state index in [0.29, 0.717) is 19.0 Å². The maximum Gasteiger partial charge on any atom is 0.237 e. The van der Waals surface area contributed by atoms with E-state index in [1.807, 2.05) is 23.1 Å². The zero-order chi connectivity index (χ0) is 16.4. The molecule has 0 radical (unpaired) electrons. The van der Waals surface area contributed by atoms with Crippen LogP contribution in [-0.4, -0.2) is 61.9 Å².